The number of pyridine rings is 1. The van der Waals surface area contributed by atoms with E-state index in [4.69, 9.17) is 4.42 Å². The van der Waals surface area contributed by atoms with Crippen LogP contribution in [0.1, 0.15) is 47.8 Å². The monoisotopic (exact) mass is 274 g/mol. The number of rotatable bonds is 5. The molecule has 2 aromatic rings. The topological polar surface area (TPSA) is 64.4 Å². The van der Waals surface area contributed by atoms with Crippen molar-refractivity contribution in [3.05, 3.63) is 53.7 Å². The van der Waals surface area contributed by atoms with Gasteiger partial charge in [-0.3, -0.25) is 4.98 Å². The number of hydrogen-bond donors (Lipinski definition) is 1. The zero-order valence-corrected chi connectivity index (χ0v) is 11.8. The Labute approximate surface area is 118 Å². The fourth-order valence-corrected chi connectivity index (χ4v) is 2.00. The summed E-state index contributed by atoms with van der Waals surface area (Å²) in [6.45, 7) is 4.05. The third-order valence-electron chi connectivity index (χ3n) is 3.15. The molecular formula is C15H18N2O3. The Kier molecular flexibility index (Phi) is 4.53. The molecule has 0 amide bonds. The largest absolute Gasteiger partial charge is 0.463 e. The number of nitrogens with one attached hydrogen (secondary N) is 1. The minimum atomic E-state index is -0.467. The number of nitrogens with zero attached hydrogens (tertiary/aromatic N) is 1. The maximum atomic E-state index is 11.3. The van der Waals surface area contributed by atoms with E-state index in [2.05, 4.69) is 22.0 Å². The van der Waals surface area contributed by atoms with E-state index in [1.165, 1.54) is 7.11 Å². The molecule has 0 saturated carbocycles. The van der Waals surface area contributed by atoms with Crippen molar-refractivity contribution in [1.29, 1.82) is 0 Å². The maximum Gasteiger partial charge on any atom is 0.373 e. The number of carbonyl (C=O) groups excluding carboxylic acids is 1. The van der Waals surface area contributed by atoms with Crippen molar-refractivity contribution in [2.75, 3.05) is 7.11 Å². The number of methoxy groups -OCH3 is 1. The highest BCUT2D eigenvalue weighted by molar-refractivity contribution is 5.86. The first kappa shape index (κ1) is 14.3. The van der Waals surface area contributed by atoms with Crippen LogP contribution in [0.15, 0.2) is 41.1 Å². The molecule has 1 unspecified atom stereocenters. The van der Waals surface area contributed by atoms with Gasteiger partial charge in [-0.05, 0) is 43.7 Å². The summed E-state index contributed by atoms with van der Waals surface area (Å²) in [6, 6.07) is 7.47. The summed E-state index contributed by atoms with van der Waals surface area (Å²) in [4.78, 5) is 15.3. The van der Waals surface area contributed by atoms with Crippen LogP contribution in [-0.4, -0.2) is 18.1 Å². The average molecular weight is 274 g/mol. The van der Waals surface area contributed by atoms with Crippen LogP contribution in [0.3, 0.4) is 0 Å². The third-order valence-corrected chi connectivity index (χ3v) is 3.15. The molecular weight excluding hydrogens is 256 g/mol. The van der Waals surface area contributed by atoms with E-state index < -0.39 is 5.97 Å². The van der Waals surface area contributed by atoms with Crippen molar-refractivity contribution in [2.45, 2.75) is 25.9 Å². The van der Waals surface area contributed by atoms with E-state index in [0.29, 0.717) is 5.76 Å². The molecule has 0 saturated heterocycles. The minimum absolute atomic E-state index is 0.0171. The number of furan rings is 1. The first-order chi connectivity index (χ1) is 9.61. The summed E-state index contributed by atoms with van der Waals surface area (Å²) in [6.07, 6.45) is 3.53. The van der Waals surface area contributed by atoms with Gasteiger partial charge in [0.05, 0.1) is 13.2 Å². The Morgan fingerprint density at radius 3 is 2.55 bits per heavy atom. The van der Waals surface area contributed by atoms with E-state index >= 15 is 0 Å². The number of carbonyl (C=O) groups is 1. The van der Waals surface area contributed by atoms with E-state index in [0.717, 1.165) is 5.56 Å². The molecule has 0 aliphatic heterocycles. The third kappa shape index (κ3) is 3.24. The van der Waals surface area contributed by atoms with Gasteiger partial charge in [0.25, 0.3) is 0 Å². The van der Waals surface area contributed by atoms with Crippen molar-refractivity contribution in [3.8, 4) is 0 Å². The lowest BCUT2D eigenvalue weighted by molar-refractivity contribution is 0.0562. The summed E-state index contributed by atoms with van der Waals surface area (Å²) in [5.74, 6) is 0.449. The second kappa shape index (κ2) is 6.34. The predicted molar refractivity (Wildman–Crippen MR) is 74.3 cm³/mol. The predicted octanol–water partition coefficient (Wildman–Crippen LogP) is 2.87. The molecule has 0 fully saturated rings. The molecule has 0 radical (unpaired) electrons. The summed E-state index contributed by atoms with van der Waals surface area (Å²) in [5, 5.41) is 3.41. The quantitative estimate of drug-likeness (QED) is 0.849. The van der Waals surface area contributed by atoms with Gasteiger partial charge in [-0.1, -0.05) is 0 Å². The second-order valence-corrected chi connectivity index (χ2v) is 4.58. The van der Waals surface area contributed by atoms with Gasteiger partial charge in [0.2, 0.25) is 5.76 Å². The van der Waals surface area contributed by atoms with Gasteiger partial charge in [-0.15, -0.1) is 0 Å². The molecule has 1 N–H and O–H groups in total. The summed E-state index contributed by atoms with van der Waals surface area (Å²) < 4.78 is 10.1. The molecule has 20 heavy (non-hydrogen) atoms. The lowest BCUT2D eigenvalue weighted by atomic mass is 10.1. The first-order valence-electron chi connectivity index (χ1n) is 6.46. The highest BCUT2D eigenvalue weighted by atomic mass is 16.5. The van der Waals surface area contributed by atoms with Crippen LogP contribution in [0.2, 0.25) is 0 Å². The molecule has 5 heteroatoms. The SMILES string of the molecule is COC(=O)c1ccc(C(C)N[C@H](C)c2ccncc2)o1. The number of aromatic nitrogens is 1. The Morgan fingerprint density at radius 2 is 1.90 bits per heavy atom. The highest BCUT2D eigenvalue weighted by Gasteiger charge is 2.17. The fourth-order valence-electron chi connectivity index (χ4n) is 2.00. The van der Waals surface area contributed by atoms with Crippen molar-refractivity contribution in [3.63, 3.8) is 0 Å². The molecule has 0 bridgehead atoms. The molecule has 0 spiro atoms. The summed E-state index contributed by atoms with van der Waals surface area (Å²) in [5.41, 5.74) is 1.14. The van der Waals surface area contributed by atoms with Gasteiger partial charge in [0.1, 0.15) is 5.76 Å². The van der Waals surface area contributed by atoms with Crippen molar-refractivity contribution >= 4 is 5.97 Å². The van der Waals surface area contributed by atoms with E-state index in [1.54, 1.807) is 24.5 Å². The summed E-state index contributed by atoms with van der Waals surface area (Å²) in [7, 11) is 1.33. The molecule has 2 heterocycles. The van der Waals surface area contributed by atoms with Crippen LogP contribution in [0.25, 0.3) is 0 Å². The van der Waals surface area contributed by atoms with E-state index in [-0.39, 0.29) is 17.8 Å². The van der Waals surface area contributed by atoms with Gasteiger partial charge < -0.3 is 14.5 Å². The maximum absolute atomic E-state index is 11.3. The molecule has 2 atom stereocenters. The standard InChI is InChI=1S/C15H18N2O3/c1-10(12-6-8-16-9-7-12)17-11(2)13-4-5-14(20-13)15(18)19-3/h4-11,17H,1-3H3/t10-,11?/m1/s1. The van der Waals surface area contributed by atoms with Gasteiger partial charge in [0, 0.05) is 18.4 Å². The zero-order chi connectivity index (χ0) is 14.5. The normalized spacial score (nSPS) is 13.8. The first-order valence-corrected chi connectivity index (χ1v) is 6.46. The Morgan fingerprint density at radius 1 is 1.20 bits per heavy atom. The van der Waals surface area contributed by atoms with Crippen LogP contribution in [0.4, 0.5) is 0 Å². The number of ether oxygens (including phenoxy) is 1. The summed E-state index contributed by atoms with van der Waals surface area (Å²) >= 11 is 0. The van der Waals surface area contributed by atoms with Crippen LogP contribution >= 0.6 is 0 Å². The minimum Gasteiger partial charge on any atom is -0.463 e. The number of hydrogen-bond acceptors (Lipinski definition) is 5. The van der Waals surface area contributed by atoms with Crippen molar-refractivity contribution in [2.24, 2.45) is 0 Å². The lowest BCUT2D eigenvalue weighted by Crippen LogP contribution is -2.22. The van der Waals surface area contributed by atoms with Crippen LogP contribution in [0.5, 0.6) is 0 Å². The Hall–Kier alpha value is -2.14. The molecule has 0 aliphatic rings. The van der Waals surface area contributed by atoms with Gasteiger partial charge in [0.15, 0.2) is 0 Å². The fraction of sp³-hybridized carbons (Fsp3) is 0.333. The molecule has 0 aliphatic carbocycles. The van der Waals surface area contributed by atoms with Gasteiger partial charge in [-0.2, -0.15) is 0 Å². The smallest absolute Gasteiger partial charge is 0.373 e. The van der Waals surface area contributed by atoms with Gasteiger partial charge >= 0.3 is 5.97 Å². The lowest BCUT2D eigenvalue weighted by Gasteiger charge is -2.18. The molecule has 5 nitrogen and oxygen atoms in total. The second-order valence-electron chi connectivity index (χ2n) is 4.58. The molecule has 2 rings (SSSR count). The van der Waals surface area contributed by atoms with Crippen LogP contribution < -0.4 is 5.32 Å². The van der Waals surface area contributed by atoms with Crippen molar-refractivity contribution < 1.29 is 13.9 Å². The van der Waals surface area contributed by atoms with Gasteiger partial charge in [-0.25, -0.2) is 4.79 Å². The van der Waals surface area contributed by atoms with E-state index in [9.17, 15) is 4.79 Å². The van der Waals surface area contributed by atoms with Crippen molar-refractivity contribution in [1.82, 2.24) is 10.3 Å². The molecule has 2 aromatic heterocycles. The highest BCUT2D eigenvalue weighted by Crippen LogP contribution is 2.21. The number of esters is 1. The average Bonchev–Trinajstić information content (AvgIpc) is 2.97. The zero-order valence-electron chi connectivity index (χ0n) is 11.8. The van der Waals surface area contributed by atoms with Crippen LogP contribution in [-0.2, 0) is 4.74 Å². The Balaban J connectivity index is 2.03. The van der Waals surface area contributed by atoms with Crippen LogP contribution in [0, 0.1) is 0 Å². The molecule has 0 aromatic carbocycles. The molecule has 106 valence electrons. The Bertz CT molecular complexity index is 566. The van der Waals surface area contributed by atoms with E-state index in [1.807, 2.05) is 19.1 Å².